The van der Waals surface area contributed by atoms with E-state index in [-0.39, 0.29) is 12.8 Å². The van der Waals surface area contributed by atoms with Gasteiger partial charge in [0.25, 0.3) is 5.92 Å². The summed E-state index contributed by atoms with van der Waals surface area (Å²) in [6.07, 6.45) is 0.432. The number of hydrogen-bond acceptors (Lipinski definition) is 1. The Balaban J connectivity index is 2.68. The molecule has 0 bridgehead atoms. The van der Waals surface area contributed by atoms with Crippen LogP contribution in [0.25, 0.3) is 0 Å². The molecule has 1 aliphatic rings. The predicted octanol–water partition coefficient (Wildman–Crippen LogP) is 2.19. The summed E-state index contributed by atoms with van der Waals surface area (Å²) >= 11 is 4.95. The summed E-state index contributed by atoms with van der Waals surface area (Å²) in [4.78, 5) is 10.3. The zero-order valence-electron chi connectivity index (χ0n) is 5.24. The fraction of sp³-hybridized carbons (Fsp3) is 0.833. The summed E-state index contributed by atoms with van der Waals surface area (Å²) in [5, 5.41) is -0.900. The Morgan fingerprint density at radius 3 is 2.40 bits per heavy atom. The molecule has 0 radical (unpaired) electrons. The second kappa shape index (κ2) is 2.46. The van der Waals surface area contributed by atoms with Gasteiger partial charge in [0.1, 0.15) is 0 Å². The first-order chi connectivity index (χ1) is 4.54. The fourth-order valence-electron chi connectivity index (χ4n) is 1.21. The molecule has 0 heterocycles. The second-order valence-electron chi connectivity index (χ2n) is 2.51. The van der Waals surface area contributed by atoms with E-state index in [1.807, 2.05) is 0 Å². The molecule has 0 saturated heterocycles. The van der Waals surface area contributed by atoms with Crippen LogP contribution in [-0.2, 0) is 4.79 Å². The van der Waals surface area contributed by atoms with E-state index in [2.05, 4.69) is 0 Å². The van der Waals surface area contributed by atoms with Gasteiger partial charge in [0.2, 0.25) is 5.24 Å². The van der Waals surface area contributed by atoms with Crippen molar-refractivity contribution < 1.29 is 13.6 Å². The van der Waals surface area contributed by atoms with Crippen LogP contribution >= 0.6 is 11.6 Å². The Morgan fingerprint density at radius 2 is 2.20 bits per heavy atom. The summed E-state index contributed by atoms with van der Waals surface area (Å²) in [5.41, 5.74) is 0. The average molecular weight is 169 g/mol. The van der Waals surface area contributed by atoms with Gasteiger partial charge < -0.3 is 0 Å². The largest absolute Gasteiger partial charge is 0.281 e. The first-order valence-corrected chi connectivity index (χ1v) is 3.49. The average Bonchev–Trinajstić information content (AvgIpc) is 2.08. The van der Waals surface area contributed by atoms with Gasteiger partial charge in [0.05, 0.1) is 5.92 Å². The maximum atomic E-state index is 12.6. The van der Waals surface area contributed by atoms with Crippen LogP contribution in [0.1, 0.15) is 19.3 Å². The Labute approximate surface area is 62.4 Å². The van der Waals surface area contributed by atoms with Crippen LogP contribution in [0, 0.1) is 5.92 Å². The van der Waals surface area contributed by atoms with Gasteiger partial charge in [-0.3, -0.25) is 4.79 Å². The number of alkyl halides is 2. The molecule has 1 atom stereocenters. The van der Waals surface area contributed by atoms with Crippen LogP contribution in [0.4, 0.5) is 8.78 Å². The molecule has 1 fully saturated rings. The van der Waals surface area contributed by atoms with E-state index < -0.39 is 17.1 Å². The number of carbonyl (C=O) groups is 1. The highest BCUT2D eigenvalue weighted by molar-refractivity contribution is 6.64. The molecule has 0 spiro atoms. The maximum Gasteiger partial charge on any atom is 0.259 e. The van der Waals surface area contributed by atoms with Crippen LogP contribution < -0.4 is 0 Å². The summed E-state index contributed by atoms with van der Waals surface area (Å²) in [6.45, 7) is 0. The van der Waals surface area contributed by atoms with Crippen LogP contribution in [0.2, 0.25) is 0 Å². The van der Waals surface area contributed by atoms with Crippen molar-refractivity contribution >= 4 is 16.8 Å². The molecule has 1 rings (SSSR count). The van der Waals surface area contributed by atoms with Crippen LogP contribution in [0.3, 0.4) is 0 Å². The van der Waals surface area contributed by atoms with Crippen molar-refractivity contribution in [1.29, 1.82) is 0 Å². The summed E-state index contributed by atoms with van der Waals surface area (Å²) in [7, 11) is 0. The minimum atomic E-state index is -2.85. The Morgan fingerprint density at radius 1 is 1.60 bits per heavy atom. The molecule has 0 aromatic rings. The minimum absolute atomic E-state index is 0.198. The highest BCUT2D eigenvalue weighted by atomic mass is 35.5. The standard InChI is InChI=1S/C6H7ClF2O/c7-5(10)4-2-1-3-6(4,8)9/h4H,1-3H2. The van der Waals surface area contributed by atoms with Crippen molar-refractivity contribution in [2.24, 2.45) is 5.92 Å². The quantitative estimate of drug-likeness (QED) is 0.549. The van der Waals surface area contributed by atoms with E-state index in [0.717, 1.165) is 0 Å². The molecular weight excluding hydrogens is 162 g/mol. The lowest BCUT2D eigenvalue weighted by molar-refractivity contribution is -0.125. The van der Waals surface area contributed by atoms with Gasteiger partial charge in [0, 0.05) is 6.42 Å². The molecule has 1 aliphatic carbocycles. The third-order valence-electron chi connectivity index (χ3n) is 1.79. The smallest absolute Gasteiger partial charge is 0.259 e. The van der Waals surface area contributed by atoms with E-state index in [9.17, 15) is 13.6 Å². The highest BCUT2D eigenvalue weighted by Crippen LogP contribution is 2.41. The lowest BCUT2D eigenvalue weighted by Crippen LogP contribution is -2.26. The summed E-state index contributed by atoms with van der Waals surface area (Å²) in [5.74, 6) is -4.08. The monoisotopic (exact) mass is 168 g/mol. The molecule has 4 heteroatoms. The molecule has 1 unspecified atom stereocenters. The number of rotatable bonds is 1. The Kier molecular flexibility index (Phi) is 1.95. The van der Waals surface area contributed by atoms with Crippen LogP contribution in [0.5, 0.6) is 0 Å². The van der Waals surface area contributed by atoms with Crippen molar-refractivity contribution in [3.8, 4) is 0 Å². The second-order valence-corrected chi connectivity index (χ2v) is 2.88. The molecule has 0 aliphatic heterocycles. The third kappa shape index (κ3) is 1.29. The Bertz CT molecular complexity index is 158. The van der Waals surface area contributed by atoms with Crippen LogP contribution in [0.15, 0.2) is 0 Å². The molecule has 0 amide bonds. The number of hydrogen-bond donors (Lipinski definition) is 0. The number of halogens is 3. The summed E-state index contributed by atoms with van der Waals surface area (Å²) < 4.78 is 25.1. The van der Waals surface area contributed by atoms with Gasteiger partial charge in [-0.1, -0.05) is 0 Å². The van der Waals surface area contributed by atoms with Crippen molar-refractivity contribution in [3.05, 3.63) is 0 Å². The van der Waals surface area contributed by atoms with Crippen molar-refractivity contribution in [1.82, 2.24) is 0 Å². The zero-order valence-corrected chi connectivity index (χ0v) is 6.00. The molecule has 0 aromatic carbocycles. The Hall–Kier alpha value is -0.180. The zero-order chi connectivity index (χ0) is 7.78. The van der Waals surface area contributed by atoms with E-state index in [1.54, 1.807) is 0 Å². The number of carbonyl (C=O) groups excluding carboxylic acids is 1. The van der Waals surface area contributed by atoms with Gasteiger partial charge in [-0.15, -0.1) is 0 Å². The maximum absolute atomic E-state index is 12.6. The molecular formula is C6H7ClF2O. The minimum Gasteiger partial charge on any atom is -0.281 e. The van der Waals surface area contributed by atoms with Crippen molar-refractivity contribution in [2.45, 2.75) is 25.2 Å². The van der Waals surface area contributed by atoms with E-state index in [1.165, 1.54) is 0 Å². The lowest BCUT2D eigenvalue weighted by Gasteiger charge is -2.13. The lowest BCUT2D eigenvalue weighted by atomic mass is 10.1. The van der Waals surface area contributed by atoms with Crippen molar-refractivity contribution in [2.75, 3.05) is 0 Å². The SMILES string of the molecule is O=C(Cl)C1CCCC1(F)F. The van der Waals surface area contributed by atoms with Gasteiger partial charge in [-0.2, -0.15) is 0 Å². The van der Waals surface area contributed by atoms with Crippen molar-refractivity contribution in [3.63, 3.8) is 0 Å². The molecule has 1 nitrogen and oxygen atoms in total. The topological polar surface area (TPSA) is 17.1 Å². The molecule has 0 N–H and O–H groups in total. The van der Waals surface area contributed by atoms with Gasteiger partial charge >= 0.3 is 0 Å². The van der Waals surface area contributed by atoms with Gasteiger partial charge in [0.15, 0.2) is 0 Å². The van der Waals surface area contributed by atoms with Crippen LogP contribution in [-0.4, -0.2) is 11.2 Å². The van der Waals surface area contributed by atoms with E-state index >= 15 is 0 Å². The molecule has 0 aromatic heterocycles. The van der Waals surface area contributed by atoms with Gasteiger partial charge in [-0.25, -0.2) is 8.78 Å². The first kappa shape index (κ1) is 7.92. The normalized spacial score (nSPS) is 30.5. The molecule has 1 saturated carbocycles. The first-order valence-electron chi connectivity index (χ1n) is 3.11. The highest BCUT2D eigenvalue weighted by Gasteiger charge is 2.47. The van der Waals surface area contributed by atoms with E-state index in [4.69, 9.17) is 11.6 Å². The van der Waals surface area contributed by atoms with E-state index in [0.29, 0.717) is 6.42 Å². The summed E-state index contributed by atoms with van der Waals surface area (Å²) in [6, 6.07) is 0. The third-order valence-corrected chi connectivity index (χ3v) is 2.05. The van der Waals surface area contributed by atoms with Gasteiger partial charge in [-0.05, 0) is 24.4 Å². The predicted molar refractivity (Wildman–Crippen MR) is 33.1 cm³/mol. The molecule has 10 heavy (non-hydrogen) atoms. The molecule has 58 valence electrons. The fourth-order valence-corrected chi connectivity index (χ4v) is 1.48.